The van der Waals surface area contributed by atoms with Gasteiger partial charge in [0.1, 0.15) is 17.9 Å². The van der Waals surface area contributed by atoms with Crippen LogP contribution in [0.25, 0.3) is 0 Å². The van der Waals surface area contributed by atoms with Crippen LogP contribution in [0.3, 0.4) is 0 Å². The fourth-order valence-corrected chi connectivity index (χ4v) is 3.51. The lowest BCUT2D eigenvalue weighted by atomic mass is 9.99. The van der Waals surface area contributed by atoms with E-state index in [9.17, 15) is 4.79 Å². The largest absolute Gasteiger partial charge is 0.467 e. The van der Waals surface area contributed by atoms with E-state index in [4.69, 9.17) is 16.3 Å². The Bertz CT molecular complexity index is 792. The highest BCUT2D eigenvalue weighted by molar-refractivity contribution is 6.30. The van der Waals surface area contributed by atoms with E-state index in [1.165, 1.54) is 11.1 Å². The van der Waals surface area contributed by atoms with Crippen LogP contribution in [-0.4, -0.2) is 43.0 Å². The second-order valence-corrected chi connectivity index (χ2v) is 7.24. The third kappa shape index (κ3) is 5.10. The number of methoxy groups -OCH3 is 1. The molecular formula is C20H25ClN4O2. The van der Waals surface area contributed by atoms with E-state index in [1.54, 1.807) is 7.11 Å². The minimum absolute atomic E-state index is 0.158. The summed E-state index contributed by atoms with van der Waals surface area (Å²) in [7, 11) is 1.57. The molecule has 0 atom stereocenters. The Morgan fingerprint density at radius 2 is 2.07 bits per heavy atom. The van der Waals surface area contributed by atoms with E-state index >= 15 is 0 Å². The Labute approximate surface area is 164 Å². The number of nitrogens with one attached hydrogen (secondary N) is 1. The first-order valence-corrected chi connectivity index (χ1v) is 9.59. The summed E-state index contributed by atoms with van der Waals surface area (Å²) in [5.41, 5.74) is 2.44. The third-order valence-corrected chi connectivity index (χ3v) is 5.17. The predicted octanol–water partition coefficient (Wildman–Crippen LogP) is 3.52. The van der Waals surface area contributed by atoms with Crippen LogP contribution < -0.4 is 15.0 Å². The fourth-order valence-electron chi connectivity index (χ4n) is 3.29. The number of ether oxygens (including phenoxy) is 1. The summed E-state index contributed by atoms with van der Waals surface area (Å²) in [6.07, 6.45) is 3.64. The standard InChI is InChI=1S/C20H25ClN4O2/c1-14-11-17(21)4-3-16(14)5-8-22-18-12-19(24-20(23-18)27-2)25-9-6-15(13-26)7-10-25/h3-4,11-13,15H,5-10H2,1-2H3,(H,22,23,24). The van der Waals surface area contributed by atoms with Gasteiger partial charge in [-0.1, -0.05) is 17.7 Å². The smallest absolute Gasteiger partial charge is 0.320 e. The van der Waals surface area contributed by atoms with Crippen molar-refractivity contribution in [1.82, 2.24) is 9.97 Å². The Balaban J connectivity index is 1.65. The highest BCUT2D eigenvalue weighted by Gasteiger charge is 2.20. The van der Waals surface area contributed by atoms with Crippen LogP contribution in [-0.2, 0) is 11.2 Å². The molecule has 1 aliphatic rings. The molecule has 0 radical (unpaired) electrons. The average molecular weight is 389 g/mol. The minimum atomic E-state index is 0.158. The molecule has 1 aromatic carbocycles. The summed E-state index contributed by atoms with van der Waals surface area (Å²) in [5.74, 6) is 1.72. The number of aldehydes is 1. The van der Waals surface area contributed by atoms with Crippen molar-refractivity contribution in [3.63, 3.8) is 0 Å². The number of carbonyl (C=O) groups excluding carboxylic acids is 1. The highest BCUT2D eigenvalue weighted by atomic mass is 35.5. The van der Waals surface area contributed by atoms with Crippen LogP contribution in [0.1, 0.15) is 24.0 Å². The first-order chi connectivity index (χ1) is 13.1. The van der Waals surface area contributed by atoms with E-state index in [0.29, 0.717) is 6.01 Å². The van der Waals surface area contributed by atoms with Gasteiger partial charge in [0.05, 0.1) is 7.11 Å². The van der Waals surface area contributed by atoms with Gasteiger partial charge in [-0.3, -0.25) is 0 Å². The number of rotatable bonds is 7. The minimum Gasteiger partial charge on any atom is -0.467 e. The van der Waals surface area contributed by atoms with Crippen molar-refractivity contribution >= 4 is 29.5 Å². The van der Waals surface area contributed by atoms with E-state index < -0.39 is 0 Å². The maximum atomic E-state index is 11.0. The number of aryl methyl sites for hydroxylation is 1. The van der Waals surface area contributed by atoms with Crippen molar-refractivity contribution in [2.45, 2.75) is 26.2 Å². The van der Waals surface area contributed by atoms with E-state index in [1.807, 2.05) is 18.2 Å². The lowest BCUT2D eigenvalue weighted by molar-refractivity contribution is -0.111. The molecule has 27 heavy (non-hydrogen) atoms. The summed E-state index contributed by atoms with van der Waals surface area (Å²) in [6.45, 7) is 4.44. The molecule has 0 bridgehead atoms. The summed E-state index contributed by atoms with van der Waals surface area (Å²) in [6, 6.07) is 8.24. The molecule has 6 nitrogen and oxygen atoms in total. The first-order valence-electron chi connectivity index (χ1n) is 9.21. The molecule has 3 rings (SSSR count). The number of halogens is 1. The molecule has 0 saturated carbocycles. The van der Waals surface area contributed by atoms with Crippen molar-refractivity contribution < 1.29 is 9.53 Å². The predicted molar refractivity (Wildman–Crippen MR) is 108 cm³/mol. The quantitative estimate of drug-likeness (QED) is 0.732. The molecule has 0 unspecified atom stereocenters. The van der Waals surface area contributed by atoms with Gasteiger partial charge < -0.3 is 19.7 Å². The summed E-state index contributed by atoms with van der Waals surface area (Å²) in [4.78, 5) is 22.0. The molecule has 1 aliphatic heterocycles. The Morgan fingerprint density at radius 1 is 1.30 bits per heavy atom. The third-order valence-electron chi connectivity index (χ3n) is 4.94. The maximum Gasteiger partial charge on any atom is 0.320 e. The zero-order valence-electron chi connectivity index (χ0n) is 15.7. The summed E-state index contributed by atoms with van der Waals surface area (Å²) < 4.78 is 5.27. The van der Waals surface area contributed by atoms with Gasteiger partial charge in [-0.25, -0.2) is 0 Å². The highest BCUT2D eigenvalue weighted by Crippen LogP contribution is 2.24. The van der Waals surface area contributed by atoms with Gasteiger partial charge >= 0.3 is 6.01 Å². The van der Waals surface area contributed by atoms with E-state index in [-0.39, 0.29) is 5.92 Å². The van der Waals surface area contributed by atoms with Gasteiger partial charge in [0.25, 0.3) is 0 Å². The molecule has 144 valence electrons. The van der Waals surface area contributed by atoms with Gasteiger partial charge in [-0.2, -0.15) is 9.97 Å². The fraction of sp³-hybridized carbons (Fsp3) is 0.450. The van der Waals surface area contributed by atoms with Crippen LogP contribution >= 0.6 is 11.6 Å². The molecule has 0 aliphatic carbocycles. The molecule has 2 heterocycles. The SMILES string of the molecule is COc1nc(NCCc2ccc(Cl)cc2C)cc(N2CCC(C=O)CC2)n1. The molecule has 2 aromatic rings. The summed E-state index contributed by atoms with van der Waals surface area (Å²) in [5, 5.41) is 4.12. The number of piperidine rings is 1. The first kappa shape index (κ1) is 19.4. The van der Waals surface area contributed by atoms with Gasteiger partial charge in [0.15, 0.2) is 0 Å². The number of benzene rings is 1. The molecule has 0 amide bonds. The van der Waals surface area contributed by atoms with Crippen molar-refractivity contribution in [3.8, 4) is 6.01 Å². The van der Waals surface area contributed by atoms with Crippen molar-refractivity contribution in [2.75, 3.05) is 37.0 Å². The molecule has 7 heteroatoms. The lowest BCUT2D eigenvalue weighted by Crippen LogP contribution is -2.34. The Morgan fingerprint density at radius 3 is 2.74 bits per heavy atom. The number of hydrogen-bond donors (Lipinski definition) is 1. The van der Waals surface area contributed by atoms with E-state index in [0.717, 1.165) is 61.8 Å². The average Bonchev–Trinajstić information content (AvgIpc) is 2.69. The number of hydrogen-bond acceptors (Lipinski definition) is 6. The molecule has 1 fully saturated rings. The summed E-state index contributed by atoms with van der Waals surface area (Å²) >= 11 is 6.02. The maximum absolute atomic E-state index is 11.0. The van der Waals surface area contributed by atoms with Crippen molar-refractivity contribution in [2.24, 2.45) is 5.92 Å². The van der Waals surface area contributed by atoms with Gasteiger partial charge in [-0.15, -0.1) is 0 Å². The Kier molecular flexibility index (Phi) is 6.50. The lowest BCUT2D eigenvalue weighted by Gasteiger charge is -2.30. The number of nitrogens with zero attached hydrogens (tertiary/aromatic N) is 3. The van der Waals surface area contributed by atoms with Crippen LogP contribution in [0.5, 0.6) is 6.01 Å². The van der Waals surface area contributed by atoms with Gasteiger partial charge in [-0.05, 0) is 49.4 Å². The van der Waals surface area contributed by atoms with Crippen LogP contribution in [0.15, 0.2) is 24.3 Å². The van der Waals surface area contributed by atoms with Crippen LogP contribution in [0.4, 0.5) is 11.6 Å². The molecule has 1 N–H and O–H groups in total. The number of carbonyl (C=O) groups is 1. The van der Waals surface area contributed by atoms with Crippen LogP contribution in [0.2, 0.25) is 5.02 Å². The van der Waals surface area contributed by atoms with Gasteiger partial charge in [0.2, 0.25) is 0 Å². The zero-order chi connectivity index (χ0) is 19.2. The Hall–Kier alpha value is -2.34. The normalized spacial score (nSPS) is 14.9. The topological polar surface area (TPSA) is 67.3 Å². The second-order valence-electron chi connectivity index (χ2n) is 6.81. The van der Waals surface area contributed by atoms with Gasteiger partial charge in [0, 0.05) is 36.6 Å². The molecule has 0 spiro atoms. The monoisotopic (exact) mass is 388 g/mol. The number of anilines is 2. The second kappa shape index (κ2) is 9.04. The van der Waals surface area contributed by atoms with Crippen LogP contribution in [0, 0.1) is 12.8 Å². The molecule has 1 saturated heterocycles. The van der Waals surface area contributed by atoms with E-state index in [2.05, 4.69) is 33.2 Å². The van der Waals surface area contributed by atoms with Crippen molar-refractivity contribution in [1.29, 1.82) is 0 Å². The van der Waals surface area contributed by atoms with Crippen molar-refractivity contribution in [3.05, 3.63) is 40.4 Å². The molecular weight excluding hydrogens is 364 g/mol. The molecule has 1 aromatic heterocycles. The number of aromatic nitrogens is 2. The zero-order valence-corrected chi connectivity index (χ0v) is 16.5.